The lowest BCUT2D eigenvalue weighted by atomic mass is 10.1. The van der Waals surface area contributed by atoms with Crippen molar-refractivity contribution in [3.05, 3.63) is 83.7 Å². The van der Waals surface area contributed by atoms with Crippen LogP contribution in [0.2, 0.25) is 0 Å². The van der Waals surface area contributed by atoms with Crippen molar-refractivity contribution in [2.75, 3.05) is 17.7 Å². The molecule has 0 aliphatic rings. The second-order valence-electron chi connectivity index (χ2n) is 6.26. The van der Waals surface area contributed by atoms with Crippen LogP contribution in [0.15, 0.2) is 67.0 Å². The fraction of sp³-hybridized carbons (Fsp3) is 0.136. The standard InChI is InChI=1S/C22H21N3O3/c1-15(26)17-4-3-5-19(10-17)25-22(27)18-11-20(14-23-13-18)24-12-16-6-8-21(28-2)9-7-16/h3-11,13-14,24H,12H2,1-2H3,(H,25,27). The zero-order chi connectivity index (χ0) is 19.9. The molecule has 1 amide bonds. The van der Waals surface area contributed by atoms with Gasteiger partial charge in [-0.25, -0.2) is 0 Å². The molecule has 0 radical (unpaired) electrons. The number of ether oxygens (including phenoxy) is 1. The van der Waals surface area contributed by atoms with E-state index in [-0.39, 0.29) is 11.7 Å². The molecule has 1 aromatic heterocycles. The smallest absolute Gasteiger partial charge is 0.257 e. The van der Waals surface area contributed by atoms with E-state index in [1.165, 1.54) is 13.1 Å². The first-order valence-corrected chi connectivity index (χ1v) is 8.79. The van der Waals surface area contributed by atoms with Gasteiger partial charge < -0.3 is 15.4 Å². The third kappa shape index (κ3) is 4.94. The third-order valence-electron chi connectivity index (χ3n) is 4.18. The van der Waals surface area contributed by atoms with Crippen molar-refractivity contribution in [2.24, 2.45) is 0 Å². The fourth-order valence-corrected chi connectivity index (χ4v) is 2.63. The van der Waals surface area contributed by atoms with E-state index in [4.69, 9.17) is 4.74 Å². The van der Waals surface area contributed by atoms with Crippen LogP contribution < -0.4 is 15.4 Å². The summed E-state index contributed by atoms with van der Waals surface area (Å²) in [5.74, 6) is 0.460. The molecule has 0 bridgehead atoms. The first kappa shape index (κ1) is 19.1. The van der Waals surface area contributed by atoms with E-state index in [1.54, 1.807) is 43.6 Å². The average molecular weight is 375 g/mol. The van der Waals surface area contributed by atoms with Crippen molar-refractivity contribution in [1.82, 2.24) is 4.98 Å². The van der Waals surface area contributed by atoms with Crippen LogP contribution in [0, 0.1) is 0 Å². The number of pyridine rings is 1. The predicted molar refractivity (Wildman–Crippen MR) is 109 cm³/mol. The zero-order valence-corrected chi connectivity index (χ0v) is 15.7. The predicted octanol–water partition coefficient (Wildman–Crippen LogP) is 4.16. The van der Waals surface area contributed by atoms with Gasteiger partial charge in [0.1, 0.15) is 5.75 Å². The molecule has 0 aliphatic heterocycles. The van der Waals surface area contributed by atoms with Crippen LogP contribution in [-0.2, 0) is 6.54 Å². The Morgan fingerprint density at radius 1 is 0.964 bits per heavy atom. The number of amides is 1. The Morgan fingerprint density at radius 3 is 2.43 bits per heavy atom. The van der Waals surface area contributed by atoms with Crippen molar-refractivity contribution in [2.45, 2.75) is 13.5 Å². The van der Waals surface area contributed by atoms with Gasteiger partial charge in [0.25, 0.3) is 5.91 Å². The Morgan fingerprint density at radius 2 is 1.71 bits per heavy atom. The molecule has 6 nitrogen and oxygen atoms in total. The minimum absolute atomic E-state index is 0.0532. The molecule has 2 N–H and O–H groups in total. The second kappa shape index (κ2) is 8.81. The minimum atomic E-state index is -0.290. The van der Waals surface area contributed by atoms with E-state index < -0.39 is 0 Å². The lowest BCUT2D eigenvalue weighted by Gasteiger charge is -2.10. The SMILES string of the molecule is COc1ccc(CNc2cncc(C(=O)Nc3cccc(C(C)=O)c3)c2)cc1. The summed E-state index contributed by atoms with van der Waals surface area (Å²) >= 11 is 0. The van der Waals surface area contributed by atoms with Gasteiger partial charge in [-0.1, -0.05) is 24.3 Å². The Hall–Kier alpha value is -3.67. The number of nitrogens with zero attached hydrogens (tertiary/aromatic N) is 1. The number of carbonyl (C=O) groups is 2. The Balaban J connectivity index is 1.65. The van der Waals surface area contributed by atoms with Gasteiger partial charge in [-0.15, -0.1) is 0 Å². The van der Waals surface area contributed by atoms with Crippen LogP contribution in [0.5, 0.6) is 5.75 Å². The topological polar surface area (TPSA) is 80.3 Å². The van der Waals surface area contributed by atoms with Gasteiger partial charge in [0.2, 0.25) is 0 Å². The van der Waals surface area contributed by atoms with Crippen LogP contribution in [0.1, 0.15) is 33.2 Å². The molecule has 0 saturated carbocycles. The molecule has 142 valence electrons. The van der Waals surface area contributed by atoms with Gasteiger partial charge in [-0.2, -0.15) is 0 Å². The number of ketones is 1. The first-order chi connectivity index (χ1) is 13.5. The summed E-state index contributed by atoms with van der Waals surface area (Å²) < 4.78 is 5.15. The van der Waals surface area contributed by atoms with E-state index in [0.717, 1.165) is 17.0 Å². The third-order valence-corrected chi connectivity index (χ3v) is 4.18. The quantitative estimate of drug-likeness (QED) is 0.606. The number of carbonyl (C=O) groups excluding carboxylic acids is 2. The second-order valence-corrected chi connectivity index (χ2v) is 6.26. The molecular formula is C22H21N3O3. The number of methoxy groups -OCH3 is 1. The highest BCUT2D eigenvalue weighted by atomic mass is 16.5. The number of aromatic nitrogens is 1. The molecule has 3 rings (SSSR count). The number of anilines is 2. The zero-order valence-electron chi connectivity index (χ0n) is 15.7. The maximum atomic E-state index is 12.5. The molecule has 1 heterocycles. The molecule has 0 atom stereocenters. The average Bonchev–Trinajstić information content (AvgIpc) is 2.73. The van der Waals surface area contributed by atoms with Gasteiger partial charge >= 0.3 is 0 Å². The molecule has 0 unspecified atom stereocenters. The summed E-state index contributed by atoms with van der Waals surface area (Å²) in [7, 11) is 1.63. The lowest BCUT2D eigenvalue weighted by Crippen LogP contribution is -2.13. The summed E-state index contributed by atoms with van der Waals surface area (Å²) in [6, 6.07) is 16.3. The molecule has 0 aliphatic carbocycles. The van der Waals surface area contributed by atoms with Gasteiger partial charge in [0.05, 0.1) is 18.4 Å². The molecule has 3 aromatic rings. The molecular weight excluding hydrogens is 354 g/mol. The highest BCUT2D eigenvalue weighted by Gasteiger charge is 2.09. The molecule has 28 heavy (non-hydrogen) atoms. The molecule has 2 aromatic carbocycles. The fourth-order valence-electron chi connectivity index (χ4n) is 2.63. The van der Waals surface area contributed by atoms with Crippen LogP contribution in [0.25, 0.3) is 0 Å². The van der Waals surface area contributed by atoms with E-state index in [9.17, 15) is 9.59 Å². The summed E-state index contributed by atoms with van der Waals surface area (Å²) in [6.45, 7) is 2.08. The van der Waals surface area contributed by atoms with Crippen molar-refractivity contribution >= 4 is 23.1 Å². The van der Waals surface area contributed by atoms with E-state index in [1.807, 2.05) is 24.3 Å². The summed E-state index contributed by atoms with van der Waals surface area (Å²) in [5, 5.41) is 6.05. The molecule has 0 saturated heterocycles. The Kier molecular flexibility index (Phi) is 6.01. The van der Waals surface area contributed by atoms with E-state index in [0.29, 0.717) is 23.4 Å². The molecule has 0 fully saturated rings. The first-order valence-electron chi connectivity index (χ1n) is 8.79. The van der Waals surface area contributed by atoms with E-state index in [2.05, 4.69) is 15.6 Å². The molecule has 6 heteroatoms. The maximum absolute atomic E-state index is 12.5. The van der Waals surface area contributed by atoms with E-state index >= 15 is 0 Å². The summed E-state index contributed by atoms with van der Waals surface area (Å²) in [4.78, 5) is 28.1. The number of Topliss-reactive ketones (excluding diaryl/α,β-unsaturated/α-hetero) is 1. The Bertz CT molecular complexity index is 984. The van der Waals surface area contributed by atoms with Crippen molar-refractivity contribution in [3.63, 3.8) is 0 Å². The summed E-state index contributed by atoms with van der Waals surface area (Å²) in [5.41, 5.74) is 3.35. The van der Waals surface area contributed by atoms with Crippen molar-refractivity contribution in [3.8, 4) is 5.75 Å². The Labute approximate surface area is 163 Å². The van der Waals surface area contributed by atoms with Gasteiger partial charge in [-0.05, 0) is 42.8 Å². The van der Waals surface area contributed by atoms with Crippen LogP contribution in [0.4, 0.5) is 11.4 Å². The number of hydrogen-bond donors (Lipinski definition) is 2. The van der Waals surface area contributed by atoms with Gasteiger partial charge in [0.15, 0.2) is 5.78 Å². The van der Waals surface area contributed by atoms with Crippen molar-refractivity contribution in [1.29, 1.82) is 0 Å². The highest BCUT2D eigenvalue weighted by Crippen LogP contribution is 2.16. The van der Waals surface area contributed by atoms with Gasteiger partial charge in [0, 0.05) is 30.2 Å². The molecule has 0 spiro atoms. The lowest BCUT2D eigenvalue weighted by molar-refractivity contribution is 0.101. The van der Waals surface area contributed by atoms with Crippen LogP contribution >= 0.6 is 0 Å². The number of rotatable bonds is 7. The van der Waals surface area contributed by atoms with Crippen LogP contribution in [0.3, 0.4) is 0 Å². The number of nitrogens with one attached hydrogen (secondary N) is 2. The highest BCUT2D eigenvalue weighted by molar-refractivity contribution is 6.05. The largest absolute Gasteiger partial charge is 0.497 e. The number of benzene rings is 2. The maximum Gasteiger partial charge on any atom is 0.257 e. The number of hydrogen-bond acceptors (Lipinski definition) is 5. The van der Waals surface area contributed by atoms with Crippen LogP contribution in [-0.4, -0.2) is 23.8 Å². The normalized spacial score (nSPS) is 10.2. The van der Waals surface area contributed by atoms with Crippen molar-refractivity contribution < 1.29 is 14.3 Å². The summed E-state index contributed by atoms with van der Waals surface area (Å²) in [6.07, 6.45) is 3.17. The van der Waals surface area contributed by atoms with Gasteiger partial charge in [-0.3, -0.25) is 14.6 Å². The monoisotopic (exact) mass is 375 g/mol. The minimum Gasteiger partial charge on any atom is -0.497 e.